The molecule has 32 heavy (non-hydrogen) atoms. The van der Waals surface area contributed by atoms with Crippen LogP contribution in [0.4, 0.5) is 11.4 Å². The summed E-state index contributed by atoms with van der Waals surface area (Å²) < 4.78 is 33.1. The van der Waals surface area contributed by atoms with Crippen molar-refractivity contribution in [3.8, 4) is 0 Å². The largest absolute Gasteiger partial charge is 0.378 e. The Kier molecular flexibility index (Phi) is 8.08. The average Bonchev–Trinajstić information content (AvgIpc) is 2.78. The highest BCUT2D eigenvalue weighted by Gasteiger charge is 2.26. The van der Waals surface area contributed by atoms with Gasteiger partial charge in [0.1, 0.15) is 6.04 Å². The highest BCUT2D eigenvalue weighted by atomic mass is 35.5. The second kappa shape index (κ2) is 10.8. The van der Waals surface area contributed by atoms with Crippen LogP contribution in [0.25, 0.3) is 0 Å². The molecule has 1 aliphatic heterocycles. The quantitative estimate of drug-likeness (QED) is 0.501. The second-order valence-corrected chi connectivity index (χ2v) is 9.42. The summed E-state index contributed by atoms with van der Waals surface area (Å²) >= 11 is 5.81. The number of carbonyl (C=O) groups is 2. The molecule has 0 bridgehead atoms. The van der Waals surface area contributed by atoms with Gasteiger partial charge in [-0.15, -0.1) is 0 Å². The SMILES string of the molecule is NC(=O)CC[C@@H](NS(=O)(=O)c1ccc(Cl)cc1)C(=O)Nc1ccc(N2CCOCC2)cc1. The van der Waals surface area contributed by atoms with Gasteiger partial charge in [-0.2, -0.15) is 4.72 Å². The Morgan fingerprint density at radius 1 is 1.06 bits per heavy atom. The molecule has 0 spiro atoms. The lowest BCUT2D eigenvalue weighted by molar-refractivity contribution is -0.119. The summed E-state index contributed by atoms with van der Waals surface area (Å²) in [5.74, 6) is -1.23. The Labute approximate surface area is 191 Å². The summed E-state index contributed by atoms with van der Waals surface area (Å²) in [6.45, 7) is 2.89. The Hall–Kier alpha value is -2.66. The lowest BCUT2D eigenvalue weighted by Crippen LogP contribution is -2.44. The first-order valence-electron chi connectivity index (χ1n) is 10.0. The summed E-state index contributed by atoms with van der Waals surface area (Å²) in [4.78, 5) is 26.2. The maximum absolute atomic E-state index is 12.8. The number of carbonyl (C=O) groups excluding carboxylic acids is 2. The van der Waals surface area contributed by atoms with Crippen molar-refractivity contribution in [1.29, 1.82) is 0 Å². The molecule has 0 saturated carbocycles. The van der Waals surface area contributed by atoms with Crippen molar-refractivity contribution in [1.82, 2.24) is 4.72 Å². The van der Waals surface area contributed by atoms with Crippen LogP contribution >= 0.6 is 11.6 Å². The zero-order chi connectivity index (χ0) is 23.1. The molecular weight excluding hydrogens is 456 g/mol. The molecule has 0 aromatic heterocycles. The maximum Gasteiger partial charge on any atom is 0.242 e. The van der Waals surface area contributed by atoms with Crippen molar-refractivity contribution >= 4 is 44.8 Å². The molecule has 11 heteroatoms. The molecule has 9 nitrogen and oxygen atoms in total. The van der Waals surface area contributed by atoms with E-state index in [1.54, 1.807) is 12.1 Å². The van der Waals surface area contributed by atoms with Crippen LogP contribution in [0.3, 0.4) is 0 Å². The molecule has 0 unspecified atom stereocenters. The molecule has 3 rings (SSSR count). The number of hydrogen-bond donors (Lipinski definition) is 3. The molecule has 1 fully saturated rings. The number of morpholine rings is 1. The van der Waals surface area contributed by atoms with Crippen molar-refractivity contribution in [3.05, 3.63) is 53.6 Å². The Morgan fingerprint density at radius 2 is 1.69 bits per heavy atom. The van der Waals surface area contributed by atoms with E-state index in [0.717, 1.165) is 18.8 Å². The third kappa shape index (κ3) is 6.67. The number of hydrogen-bond acceptors (Lipinski definition) is 6. The molecule has 0 radical (unpaired) electrons. The number of anilines is 2. The van der Waals surface area contributed by atoms with E-state index in [1.165, 1.54) is 24.3 Å². The predicted molar refractivity (Wildman–Crippen MR) is 122 cm³/mol. The van der Waals surface area contributed by atoms with E-state index in [-0.39, 0.29) is 17.7 Å². The zero-order valence-electron chi connectivity index (χ0n) is 17.3. The van der Waals surface area contributed by atoms with Gasteiger partial charge in [0, 0.05) is 35.9 Å². The van der Waals surface area contributed by atoms with Gasteiger partial charge in [-0.05, 0) is 55.0 Å². The molecule has 1 saturated heterocycles. The number of nitrogens with one attached hydrogen (secondary N) is 2. The summed E-state index contributed by atoms with van der Waals surface area (Å²) in [6.07, 6.45) is -0.239. The Bertz CT molecular complexity index is 1040. The first-order valence-corrected chi connectivity index (χ1v) is 11.9. The Morgan fingerprint density at radius 3 is 2.28 bits per heavy atom. The van der Waals surface area contributed by atoms with Gasteiger partial charge in [0.15, 0.2) is 0 Å². The van der Waals surface area contributed by atoms with Crippen LogP contribution in [0.15, 0.2) is 53.4 Å². The topological polar surface area (TPSA) is 131 Å². The van der Waals surface area contributed by atoms with Gasteiger partial charge >= 0.3 is 0 Å². The number of nitrogens with two attached hydrogens (primary N) is 1. The second-order valence-electron chi connectivity index (χ2n) is 7.27. The van der Waals surface area contributed by atoms with E-state index in [2.05, 4.69) is 14.9 Å². The minimum Gasteiger partial charge on any atom is -0.378 e. The molecule has 2 aromatic carbocycles. The van der Waals surface area contributed by atoms with Crippen molar-refractivity contribution in [2.45, 2.75) is 23.8 Å². The normalized spacial score (nSPS) is 15.2. The standard InChI is InChI=1S/C21H25ClN4O5S/c22-15-1-7-18(8-2-15)32(29,30)25-19(9-10-20(23)27)21(28)24-16-3-5-17(6-4-16)26-11-13-31-14-12-26/h1-8,19,25H,9-14H2,(H2,23,27)(H,24,28)/t19-/m1/s1. The van der Waals surface area contributed by atoms with Crippen LogP contribution in [0.1, 0.15) is 12.8 Å². The fourth-order valence-electron chi connectivity index (χ4n) is 3.21. The van der Waals surface area contributed by atoms with E-state index >= 15 is 0 Å². The van der Waals surface area contributed by atoms with Gasteiger partial charge in [0.2, 0.25) is 21.8 Å². The fourth-order valence-corrected chi connectivity index (χ4v) is 4.56. The summed E-state index contributed by atoms with van der Waals surface area (Å²) in [7, 11) is -4.02. The zero-order valence-corrected chi connectivity index (χ0v) is 18.9. The number of halogens is 1. The van der Waals surface area contributed by atoms with Crippen LogP contribution in [0.2, 0.25) is 5.02 Å². The van der Waals surface area contributed by atoms with Crippen LogP contribution in [0, 0.1) is 0 Å². The maximum atomic E-state index is 12.8. The van der Waals surface area contributed by atoms with Crippen LogP contribution < -0.4 is 20.7 Å². The number of amides is 2. The third-order valence-electron chi connectivity index (χ3n) is 4.93. The number of nitrogens with zero attached hydrogens (tertiary/aromatic N) is 1. The average molecular weight is 481 g/mol. The molecule has 2 amide bonds. The smallest absolute Gasteiger partial charge is 0.242 e. The highest BCUT2D eigenvalue weighted by molar-refractivity contribution is 7.89. The van der Waals surface area contributed by atoms with Gasteiger partial charge in [-0.1, -0.05) is 11.6 Å². The molecule has 172 valence electrons. The molecule has 1 heterocycles. The van der Waals surface area contributed by atoms with E-state index in [0.29, 0.717) is 23.9 Å². The minimum absolute atomic E-state index is 0.0476. The molecule has 4 N–H and O–H groups in total. The van der Waals surface area contributed by atoms with Gasteiger partial charge in [-0.25, -0.2) is 8.42 Å². The van der Waals surface area contributed by atoms with Gasteiger partial charge < -0.3 is 20.7 Å². The van der Waals surface area contributed by atoms with Crippen LogP contribution in [-0.4, -0.2) is 52.6 Å². The van der Waals surface area contributed by atoms with Crippen molar-refractivity contribution < 1.29 is 22.7 Å². The number of benzene rings is 2. The number of primary amides is 1. The van der Waals surface area contributed by atoms with Gasteiger partial charge in [-0.3, -0.25) is 9.59 Å². The van der Waals surface area contributed by atoms with Gasteiger partial charge in [0.25, 0.3) is 0 Å². The lowest BCUT2D eigenvalue weighted by Gasteiger charge is -2.29. The van der Waals surface area contributed by atoms with Crippen molar-refractivity contribution in [2.75, 3.05) is 36.5 Å². The number of ether oxygens (including phenoxy) is 1. The lowest BCUT2D eigenvalue weighted by atomic mass is 10.1. The van der Waals surface area contributed by atoms with E-state index < -0.39 is 27.9 Å². The molecule has 0 aliphatic carbocycles. The molecular formula is C21H25ClN4O5S. The van der Waals surface area contributed by atoms with Crippen molar-refractivity contribution in [2.24, 2.45) is 5.73 Å². The molecule has 2 aromatic rings. The number of rotatable bonds is 9. The predicted octanol–water partition coefficient (Wildman–Crippen LogP) is 1.73. The van der Waals surface area contributed by atoms with E-state index in [4.69, 9.17) is 22.1 Å². The summed E-state index contributed by atoms with van der Waals surface area (Å²) in [5.41, 5.74) is 6.70. The van der Waals surface area contributed by atoms with E-state index in [9.17, 15) is 18.0 Å². The highest BCUT2D eigenvalue weighted by Crippen LogP contribution is 2.20. The molecule has 1 atom stereocenters. The summed E-state index contributed by atoms with van der Waals surface area (Å²) in [6, 6.07) is 11.6. The van der Waals surface area contributed by atoms with Crippen LogP contribution in [-0.2, 0) is 24.3 Å². The first kappa shape index (κ1) is 24.0. The Balaban J connectivity index is 1.71. The first-order chi connectivity index (χ1) is 15.2. The minimum atomic E-state index is -4.02. The molecule has 1 aliphatic rings. The third-order valence-corrected chi connectivity index (χ3v) is 6.67. The van der Waals surface area contributed by atoms with Crippen LogP contribution in [0.5, 0.6) is 0 Å². The van der Waals surface area contributed by atoms with Crippen molar-refractivity contribution in [3.63, 3.8) is 0 Å². The number of sulfonamides is 1. The van der Waals surface area contributed by atoms with E-state index in [1.807, 2.05) is 12.1 Å². The monoisotopic (exact) mass is 480 g/mol. The fraction of sp³-hybridized carbons (Fsp3) is 0.333. The summed E-state index contributed by atoms with van der Waals surface area (Å²) in [5, 5.41) is 3.08. The van der Waals surface area contributed by atoms with Gasteiger partial charge in [0.05, 0.1) is 18.1 Å².